The van der Waals surface area contributed by atoms with E-state index in [0.29, 0.717) is 32.3 Å². The smallest absolute Gasteiger partial charge is 0.102 e. The lowest BCUT2D eigenvalue weighted by molar-refractivity contribution is -0.913. The molecule has 4 heteroatoms. The molecule has 2 rings (SSSR count). The van der Waals surface area contributed by atoms with Crippen LogP contribution in [-0.2, 0) is 4.74 Å². The van der Waals surface area contributed by atoms with Crippen LogP contribution in [0, 0.1) is 5.21 Å². The molecule has 13 heavy (non-hydrogen) atoms. The van der Waals surface area contributed by atoms with E-state index in [-0.39, 0.29) is 4.65 Å². The molecule has 0 aromatic heterocycles. The topological polar surface area (TPSA) is 44.3 Å². The molecule has 2 fully saturated rings. The lowest BCUT2D eigenvalue weighted by Crippen LogP contribution is -2.59. The highest BCUT2D eigenvalue weighted by Gasteiger charge is 2.31. The predicted octanol–water partition coefficient (Wildman–Crippen LogP) is 0.0832. The van der Waals surface area contributed by atoms with Crippen molar-refractivity contribution in [3.8, 4) is 0 Å². The third kappa shape index (κ3) is 2.02. The van der Waals surface area contributed by atoms with Crippen LogP contribution < -0.4 is 5.32 Å². The van der Waals surface area contributed by atoms with Crippen LogP contribution in [0.1, 0.15) is 12.8 Å². The number of morpholine rings is 1. The second-order valence-corrected chi connectivity index (χ2v) is 3.99. The van der Waals surface area contributed by atoms with Crippen molar-refractivity contribution < 1.29 is 9.38 Å². The molecule has 0 amide bonds. The van der Waals surface area contributed by atoms with E-state index in [2.05, 4.69) is 5.32 Å². The van der Waals surface area contributed by atoms with Crippen molar-refractivity contribution in [1.29, 1.82) is 0 Å². The van der Waals surface area contributed by atoms with E-state index in [1.54, 1.807) is 0 Å². The monoisotopic (exact) mass is 186 g/mol. The minimum atomic E-state index is 0.00167. The average molecular weight is 186 g/mol. The number of piperidine rings is 1. The van der Waals surface area contributed by atoms with E-state index in [9.17, 15) is 5.21 Å². The van der Waals surface area contributed by atoms with Gasteiger partial charge in [0.2, 0.25) is 0 Å². The Morgan fingerprint density at radius 3 is 2.38 bits per heavy atom. The van der Waals surface area contributed by atoms with Crippen LogP contribution in [0.25, 0.3) is 0 Å². The van der Waals surface area contributed by atoms with Crippen molar-refractivity contribution >= 4 is 0 Å². The average Bonchev–Trinajstić information content (AvgIpc) is 2.20. The van der Waals surface area contributed by atoms with E-state index >= 15 is 0 Å². The van der Waals surface area contributed by atoms with Gasteiger partial charge < -0.3 is 19.9 Å². The minimum absolute atomic E-state index is 0.00167. The van der Waals surface area contributed by atoms with Gasteiger partial charge in [0.05, 0.1) is 19.3 Å². The fraction of sp³-hybridized carbons (Fsp3) is 1.00. The Bertz CT molecular complexity index is 163. The second kappa shape index (κ2) is 3.92. The van der Waals surface area contributed by atoms with E-state index in [1.807, 2.05) is 0 Å². The number of quaternary nitrogens is 1. The van der Waals surface area contributed by atoms with Crippen molar-refractivity contribution in [2.24, 2.45) is 0 Å². The highest BCUT2D eigenvalue weighted by molar-refractivity contribution is 4.71. The van der Waals surface area contributed by atoms with Gasteiger partial charge in [0, 0.05) is 25.9 Å². The third-order valence-electron chi connectivity index (χ3n) is 3.20. The summed E-state index contributed by atoms with van der Waals surface area (Å²) in [6.45, 7) is 4.62. The van der Waals surface area contributed by atoms with Crippen LogP contribution in [0.15, 0.2) is 0 Å². The lowest BCUT2D eigenvalue weighted by Gasteiger charge is -2.51. The number of nitrogens with one attached hydrogen (secondary N) is 1. The molecule has 2 saturated heterocycles. The van der Waals surface area contributed by atoms with Crippen molar-refractivity contribution in [2.75, 3.05) is 39.4 Å². The zero-order chi connectivity index (χ0) is 9.15. The van der Waals surface area contributed by atoms with E-state index < -0.39 is 0 Å². The summed E-state index contributed by atoms with van der Waals surface area (Å²) in [5.74, 6) is 0. The van der Waals surface area contributed by atoms with Crippen molar-refractivity contribution in [2.45, 2.75) is 18.9 Å². The molecule has 0 unspecified atom stereocenters. The van der Waals surface area contributed by atoms with Gasteiger partial charge in [0.1, 0.15) is 13.1 Å². The Morgan fingerprint density at radius 1 is 1.15 bits per heavy atom. The first-order valence-electron chi connectivity index (χ1n) is 5.17. The van der Waals surface area contributed by atoms with Crippen LogP contribution >= 0.6 is 0 Å². The summed E-state index contributed by atoms with van der Waals surface area (Å²) in [5.41, 5.74) is 0. The fourth-order valence-corrected chi connectivity index (χ4v) is 2.29. The van der Waals surface area contributed by atoms with Crippen molar-refractivity contribution in [3.63, 3.8) is 0 Å². The third-order valence-corrected chi connectivity index (χ3v) is 3.20. The SMILES string of the molecule is [O-][N+]1(C2CCNCC2)CCOCC1. The van der Waals surface area contributed by atoms with Gasteiger partial charge in [0.15, 0.2) is 0 Å². The maximum absolute atomic E-state index is 12.3. The Morgan fingerprint density at radius 2 is 1.77 bits per heavy atom. The lowest BCUT2D eigenvalue weighted by atomic mass is 10.0. The molecule has 0 atom stereocenters. The number of nitrogens with zero attached hydrogens (tertiary/aromatic N) is 1. The van der Waals surface area contributed by atoms with Gasteiger partial charge in [-0.25, -0.2) is 0 Å². The second-order valence-electron chi connectivity index (χ2n) is 3.99. The normalized spacial score (nSPS) is 30.2. The number of hydrogen-bond donors (Lipinski definition) is 1. The molecule has 0 aliphatic carbocycles. The van der Waals surface area contributed by atoms with Gasteiger partial charge in [-0.1, -0.05) is 0 Å². The molecule has 0 saturated carbocycles. The minimum Gasteiger partial charge on any atom is -0.632 e. The Kier molecular flexibility index (Phi) is 2.83. The van der Waals surface area contributed by atoms with Gasteiger partial charge in [-0.05, 0) is 0 Å². The highest BCUT2D eigenvalue weighted by atomic mass is 16.6. The maximum atomic E-state index is 12.3. The summed E-state index contributed by atoms with van der Waals surface area (Å²) in [4.78, 5) is 0. The van der Waals surface area contributed by atoms with Crippen LogP contribution in [0.5, 0.6) is 0 Å². The Labute approximate surface area is 79.0 Å². The Hall–Kier alpha value is -0.160. The van der Waals surface area contributed by atoms with Gasteiger partial charge in [-0.15, -0.1) is 0 Å². The van der Waals surface area contributed by atoms with E-state index in [4.69, 9.17) is 4.74 Å². The van der Waals surface area contributed by atoms with Gasteiger partial charge in [-0.3, -0.25) is 0 Å². The number of ether oxygens (including phenoxy) is 1. The standard InChI is InChI=1S/C9H18N2O2/c12-11(5-7-13-8-6-11)9-1-3-10-4-2-9/h9-10H,1-8H2. The summed E-state index contributed by atoms with van der Waals surface area (Å²) in [7, 11) is 0. The predicted molar refractivity (Wildman–Crippen MR) is 50.1 cm³/mol. The summed E-state index contributed by atoms with van der Waals surface area (Å²) < 4.78 is 5.23. The first-order chi connectivity index (χ1) is 6.31. The molecular formula is C9H18N2O2. The van der Waals surface area contributed by atoms with Crippen molar-refractivity contribution in [1.82, 2.24) is 5.32 Å². The van der Waals surface area contributed by atoms with Crippen LogP contribution in [0.4, 0.5) is 0 Å². The quantitative estimate of drug-likeness (QED) is 0.466. The molecule has 2 aliphatic rings. The summed E-state index contributed by atoms with van der Waals surface area (Å²) in [5, 5.41) is 15.6. The van der Waals surface area contributed by atoms with Crippen LogP contribution in [0.2, 0.25) is 0 Å². The molecule has 76 valence electrons. The Balaban J connectivity index is 1.94. The zero-order valence-electron chi connectivity index (χ0n) is 8.00. The van der Waals surface area contributed by atoms with Crippen LogP contribution in [0.3, 0.4) is 0 Å². The maximum Gasteiger partial charge on any atom is 0.102 e. The number of hydroxylamine groups is 3. The summed E-state index contributed by atoms with van der Waals surface area (Å²) in [6.07, 6.45) is 2.06. The first kappa shape index (κ1) is 9.40. The van der Waals surface area contributed by atoms with Gasteiger partial charge in [0.25, 0.3) is 0 Å². The molecule has 0 radical (unpaired) electrons. The van der Waals surface area contributed by atoms with Crippen molar-refractivity contribution in [3.05, 3.63) is 5.21 Å². The van der Waals surface area contributed by atoms with Gasteiger partial charge in [-0.2, -0.15) is 0 Å². The fourth-order valence-electron chi connectivity index (χ4n) is 2.29. The molecule has 2 heterocycles. The summed E-state index contributed by atoms with van der Waals surface area (Å²) in [6, 6.07) is 0.324. The van der Waals surface area contributed by atoms with Gasteiger partial charge >= 0.3 is 0 Å². The molecule has 0 aromatic carbocycles. The zero-order valence-corrected chi connectivity index (χ0v) is 8.00. The molecule has 1 N–H and O–H groups in total. The molecule has 0 spiro atoms. The molecule has 0 bridgehead atoms. The molecular weight excluding hydrogens is 168 g/mol. The number of hydrogen-bond acceptors (Lipinski definition) is 3. The molecule has 4 nitrogen and oxygen atoms in total. The first-order valence-corrected chi connectivity index (χ1v) is 5.17. The van der Waals surface area contributed by atoms with E-state index in [0.717, 1.165) is 25.9 Å². The summed E-state index contributed by atoms with van der Waals surface area (Å²) >= 11 is 0. The largest absolute Gasteiger partial charge is 0.632 e. The molecule has 0 aromatic rings. The van der Waals surface area contributed by atoms with Crippen LogP contribution in [-0.4, -0.2) is 50.1 Å². The molecule has 2 aliphatic heterocycles. The highest BCUT2D eigenvalue weighted by Crippen LogP contribution is 2.21. The van der Waals surface area contributed by atoms with E-state index in [1.165, 1.54) is 0 Å². The number of rotatable bonds is 1.